The third kappa shape index (κ3) is 7.50. The Hall–Kier alpha value is -5.74. The molecule has 0 saturated carbocycles. The van der Waals surface area contributed by atoms with E-state index in [1.807, 2.05) is 72.9 Å². The number of nitrogens with zero attached hydrogens (tertiary/aromatic N) is 5. The van der Waals surface area contributed by atoms with Gasteiger partial charge in [0.1, 0.15) is 5.75 Å². The van der Waals surface area contributed by atoms with E-state index in [1.165, 1.54) is 12.1 Å². The van der Waals surface area contributed by atoms with Gasteiger partial charge in [-0.15, -0.1) is 5.10 Å². The van der Waals surface area contributed by atoms with Gasteiger partial charge in [0, 0.05) is 42.0 Å². The monoisotopic (exact) mass is 829 g/mol. The summed E-state index contributed by atoms with van der Waals surface area (Å²) >= 11 is 0. The lowest BCUT2D eigenvalue weighted by Crippen LogP contribution is -2.51. The highest BCUT2D eigenvalue weighted by molar-refractivity contribution is 6.91. The van der Waals surface area contributed by atoms with Crippen LogP contribution in [0.2, 0.25) is 18.6 Å². The number of carbonyl (C=O) groups is 2. The second-order valence-electron chi connectivity index (χ2n) is 16.7. The molecule has 5 aromatic rings. The van der Waals surface area contributed by atoms with Crippen molar-refractivity contribution in [3.63, 3.8) is 0 Å². The fourth-order valence-corrected chi connectivity index (χ4v) is 13.9. The highest BCUT2D eigenvalue weighted by atomic mass is 28.3. The van der Waals surface area contributed by atoms with E-state index in [-0.39, 0.29) is 48.2 Å². The minimum absolute atomic E-state index is 0.0982. The molecular formula is C45H51N7O7Si. The molecule has 4 heterocycles. The molecule has 15 heteroatoms. The van der Waals surface area contributed by atoms with Gasteiger partial charge in [0.2, 0.25) is 5.91 Å². The number of nitro groups is 1. The zero-order valence-electron chi connectivity index (χ0n) is 34.3. The summed E-state index contributed by atoms with van der Waals surface area (Å²) in [4.78, 5) is 41.9. The van der Waals surface area contributed by atoms with E-state index in [4.69, 9.17) is 9.47 Å². The lowest BCUT2D eigenvalue weighted by molar-refractivity contribution is -0.385. The van der Waals surface area contributed by atoms with E-state index in [0.29, 0.717) is 35.6 Å². The highest BCUT2D eigenvalue weighted by Crippen LogP contribution is 2.60. The van der Waals surface area contributed by atoms with Crippen LogP contribution in [0, 0.1) is 16.0 Å². The van der Waals surface area contributed by atoms with Crippen molar-refractivity contribution in [3.05, 3.63) is 136 Å². The number of hydrogen-bond acceptors (Lipinski definition) is 10. The van der Waals surface area contributed by atoms with Crippen LogP contribution in [0.15, 0.2) is 103 Å². The van der Waals surface area contributed by atoms with Crippen LogP contribution in [-0.2, 0) is 33.0 Å². The summed E-state index contributed by atoms with van der Waals surface area (Å²) in [7, 11) is -0.893. The van der Waals surface area contributed by atoms with Crippen molar-refractivity contribution in [3.8, 4) is 5.75 Å². The summed E-state index contributed by atoms with van der Waals surface area (Å²) in [6.07, 6.45) is 3.60. The van der Waals surface area contributed by atoms with Crippen molar-refractivity contribution in [2.24, 2.45) is 5.92 Å². The van der Waals surface area contributed by atoms with Gasteiger partial charge in [0.25, 0.3) is 11.6 Å². The largest absolute Gasteiger partial charge is 0.497 e. The first-order valence-corrected chi connectivity index (χ1v) is 23.6. The Morgan fingerprint density at radius 3 is 2.58 bits per heavy atom. The Balaban J connectivity index is 1.15. The summed E-state index contributed by atoms with van der Waals surface area (Å²) in [5.41, 5.74) is 2.26. The summed E-state index contributed by atoms with van der Waals surface area (Å²) in [5.74, 6) is -0.363. The molecule has 14 nitrogen and oxygen atoms in total. The molecule has 1 spiro atoms. The average molecular weight is 830 g/mol. The number of aliphatic hydroxyl groups excluding tert-OH is 1. The second kappa shape index (κ2) is 16.7. The average Bonchev–Trinajstić information content (AvgIpc) is 4.06. The number of hydrogen-bond donors (Lipinski definition) is 3. The normalized spacial score (nSPS) is 22.9. The zero-order chi connectivity index (χ0) is 42.2. The van der Waals surface area contributed by atoms with Gasteiger partial charge in [-0.25, -0.2) is 0 Å². The zero-order valence-corrected chi connectivity index (χ0v) is 35.3. The van der Waals surface area contributed by atoms with Gasteiger partial charge >= 0.3 is 0 Å². The summed E-state index contributed by atoms with van der Waals surface area (Å²) in [6.45, 7) is 7.90. The van der Waals surface area contributed by atoms with Gasteiger partial charge < -0.3 is 30.1 Å². The first-order chi connectivity index (χ1) is 28.9. The summed E-state index contributed by atoms with van der Waals surface area (Å²) in [6, 6.07) is 29.6. The third-order valence-corrected chi connectivity index (χ3v) is 17.2. The van der Waals surface area contributed by atoms with Crippen molar-refractivity contribution in [2.45, 2.75) is 81.6 Å². The fraction of sp³-hybridized carbons (Fsp3) is 0.378. The van der Waals surface area contributed by atoms with E-state index in [9.17, 15) is 20.0 Å². The lowest BCUT2D eigenvalue weighted by atomic mass is 9.82. The molecule has 3 aliphatic rings. The van der Waals surface area contributed by atoms with E-state index < -0.39 is 30.6 Å². The number of anilines is 2. The minimum atomic E-state index is -2.53. The number of fused-ring (bicyclic) bond motifs is 2. The van der Waals surface area contributed by atoms with Crippen LogP contribution in [0.4, 0.5) is 17.1 Å². The number of benzene rings is 4. The topological polar surface area (TPSA) is 174 Å². The molecule has 2 amide bonds. The highest BCUT2D eigenvalue weighted by Gasteiger charge is 2.66. The standard InChI is InChI=1S/C45H51N7O7Si/c1-29-42(60(3,4)35-18-16-34(58-2)17-19-35)41(21-23-50-27-39(48-49-50)36(28-53)31-11-6-5-7-12-31)59-45(29)37-25-33(52(56)57)15-20-40(37)51(44(45)55)26-30-10-8-13-32(24-30)47-43(54)38-14-9-22-46-38/h5-8,10-13,15-20,24-25,27,29,36,38,41-42,46,53H,9,14,21-23,26,28H2,1-4H3,(H,47,54)/t29-,36?,38+,41+,42-,45+/m0/s1. The number of aromatic nitrogens is 3. The van der Waals surface area contributed by atoms with Crippen molar-refractivity contribution in [2.75, 3.05) is 30.5 Å². The maximum absolute atomic E-state index is 15.4. The quantitative estimate of drug-likeness (QED) is 0.0699. The van der Waals surface area contributed by atoms with Gasteiger partial charge in [-0.3, -0.25) is 24.4 Å². The van der Waals surface area contributed by atoms with Crippen LogP contribution in [0.25, 0.3) is 0 Å². The summed E-state index contributed by atoms with van der Waals surface area (Å²) in [5, 5.41) is 38.9. The number of non-ortho nitro benzene ring substituents is 1. The van der Waals surface area contributed by atoms with Crippen LogP contribution in [0.5, 0.6) is 5.75 Å². The van der Waals surface area contributed by atoms with E-state index in [2.05, 4.69) is 53.1 Å². The van der Waals surface area contributed by atoms with Gasteiger partial charge in [0.05, 0.1) is 62.7 Å². The van der Waals surface area contributed by atoms with Gasteiger partial charge in [-0.2, -0.15) is 0 Å². The predicted molar refractivity (Wildman–Crippen MR) is 230 cm³/mol. The number of ether oxygens (including phenoxy) is 2. The Bertz CT molecular complexity index is 2370. The number of nitro benzene ring substituents is 1. The Labute approximate surface area is 350 Å². The van der Waals surface area contributed by atoms with Gasteiger partial charge in [-0.05, 0) is 72.8 Å². The van der Waals surface area contributed by atoms with Crippen LogP contribution < -0.4 is 25.5 Å². The number of amides is 2. The molecule has 8 rings (SSSR count). The summed E-state index contributed by atoms with van der Waals surface area (Å²) < 4.78 is 14.5. The van der Waals surface area contributed by atoms with E-state index in [1.54, 1.807) is 22.8 Å². The predicted octanol–water partition coefficient (Wildman–Crippen LogP) is 5.86. The smallest absolute Gasteiger partial charge is 0.269 e. The molecule has 0 aliphatic carbocycles. The van der Waals surface area contributed by atoms with Crippen LogP contribution in [0.1, 0.15) is 54.5 Å². The molecule has 3 N–H and O–H groups in total. The number of methoxy groups -OCH3 is 1. The van der Waals surface area contributed by atoms with Crippen LogP contribution >= 0.6 is 0 Å². The molecule has 312 valence electrons. The van der Waals surface area contributed by atoms with E-state index in [0.717, 1.165) is 41.4 Å². The molecule has 4 aromatic carbocycles. The molecule has 6 atom stereocenters. The molecule has 2 fully saturated rings. The molecule has 0 radical (unpaired) electrons. The van der Waals surface area contributed by atoms with Crippen molar-refractivity contribution >= 4 is 42.1 Å². The lowest BCUT2D eigenvalue weighted by Gasteiger charge is -2.37. The SMILES string of the molecule is COc1ccc([Si](C)(C)[C@@H]2[C@@H](CCn3cc(C(CO)c4ccccc4)nn3)O[C@]3(C(=O)N(Cc4cccc(NC(=O)[C@H]5CCCN5)c4)c4ccc([N+](=O)[O-])cc43)[C@H]2C)cc1. The number of aryl methyl sites for hydroxylation is 1. The van der Waals surface area contributed by atoms with Crippen molar-refractivity contribution in [1.82, 2.24) is 20.3 Å². The first kappa shape index (κ1) is 41.0. The maximum atomic E-state index is 15.4. The number of carbonyl (C=O) groups excluding carboxylic acids is 2. The fourth-order valence-electron chi connectivity index (χ4n) is 9.81. The second-order valence-corrected chi connectivity index (χ2v) is 21.4. The molecular weight excluding hydrogens is 779 g/mol. The van der Waals surface area contributed by atoms with Crippen LogP contribution in [-0.4, -0.2) is 77.3 Å². The molecule has 1 unspecified atom stereocenters. The Morgan fingerprint density at radius 2 is 1.88 bits per heavy atom. The van der Waals surface area contributed by atoms with Crippen molar-refractivity contribution in [1.29, 1.82) is 0 Å². The Kier molecular flexibility index (Phi) is 11.4. The van der Waals surface area contributed by atoms with E-state index >= 15 is 4.79 Å². The molecule has 2 saturated heterocycles. The number of aliphatic hydroxyl groups is 1. The first-order valence-electron chi connectivity index (χ1n) is 20.6. The molecule has 0 bridgehead atoms. The van der Waals surface area contributed by atoms with Gasteiger partial charge in [-0.1, -0.05) is 85.0 Å². The molecule has 3 aliphatic heterocycles. The number of rotatable bonds is 14. The van der Waals surface area contributed by atoms with Gasteiger partial charge in [0.15, 0.2) is 5.60 Å². The van der Waals surface area contributed by atoms with Crippen molar-refractivity contribution < 1.29 is 29.1 Å². The maximum Gasteiger partial charge on any atom is 0.269 e. The molecule has 60 heavy (non-hydrogen) atoms. The number of nitrogens with one attached hydrogen (secondary N) is 2. The third-order valence-electron chi connectivity index (χ3n) is 12.9. The van der Waals surface area contributed by atoms with Crippen LogP contribution in [0.3, 0.4) is 0 Å². The minimum Gasteiger partial charge on any atom is -0.497 e. The Morgan fingerprint density at radius 1 is 1.10 bits per heavy atom. The molecule has 1 aromatic heterocycles.